The van der Waals surface area contributed by atoms with Gasteiger partial charge >= 0.3 is 5.97 Å². The van der Waals surface area contributed by atoms with Gasteiger partial charge in [-0.3, -0.25) is 4.79 Å². The van der Waals surface area contributed by atoms with Gasteiger partial charge in [0.15, 0.2) is 0 Å². The molecule has 0 aromatic rings. The Labute approximate surface area is 125 Å². The van der Waals surface area contributed by atoms with E-state index in [2.05, 4.69) is 0 Å². The molecule has 1 aliphatic heterocycles. The highest BCUT2D eigenvalue weighted by Gasteiger charge is 2.59. The number of carbonyl (C=O) groups excluding carboxylic acids is 1. The van der Waals surface area contributed by atoms with E-state index in [-0.39, 0.29) is 17.9 Å². The van der Waals surface area contributed by atoms with Crippen LogP contribution < -0.4 is 0 Å². The van der Waals surface area contributed by atoms with Crippen LogP contribution in [-0.4, -0.2) is 34.0 Å². The number of nitrogens with zero attached hydrogens (tertiary/aromatic N) is 1. The van der Waals surface area contributed by atoms with E-state index in [0.717, 1.165) is 19.3 Å². The predicted octanol–water partition coefficient (Wildman–Crippen LogP) is 2.67. The molecular weight excluding hydrogens is 266 g/mol. The molecule has 4 heteroatoms. The fourth-order valence-electron chi connectivity index (χ4n) is 5.55. The van der Waals surface area contributed by atoms with Crippen LogP contribution in [-0.2, 0) is 9.59 Å². The number of carboxylic acids is 1. The highest BCUT2D eigenvalue weighted by molar-refractivity contribution is 5.88. The minimum Gasteiger partial charge on any atom is -0.480 e. The van der Waals surface area contributed by atoms with Gasteiger partial charge in [0, 0.05) is 12.0 Å². The zero-order chi connectivity index (χ0) is 14.6. The Morgan fingerprint density at radius 2 is 1.57 bits per heavy atom. The largest absolute Gasteiger partial charge is 0.480 e. The molecule has 1 N–H and O–H groups in total. The molecule has 1 amide bonds. The Kier molecular flexibility index (Phi) is 3.23. The molecule has 5 atom stereocenters. The second kappa shape index (κ2) is 4.99. The van der Waals surface area contributed by atoms with E-state index < -0.39 is 12.0 Å². The lowest BCUT2D eigenvalue weighted by Gasteiger charge is -2.47. The summed E-state index contributed by atoms with van der Waals surface area (Å²) in [6.07, 6.45) is 9.85. The third kappa shape index (κ3) is 2.09. The van der Waals surface area contributed by atoms with Gasteiger partial charge in [0.2, 0.25) is 5.91 Å². The van der Waals surface area contributed by atoms with Crippen LogP contribution in [0.2, 0.25) is 0 Å². The predicted molar refractivity (Wildman–Crippen MR) is 77.6 cm³/mol. The van der Waals surface area contributed by atoms with Crippen molar-refractivity contribution >= 4 is 11.9 Å². The van der Waals surface area contributed by atoms with Crippen molar-refractivity contribution in [1.82, 2.24) is 4.90 Å². The van der Waals surface area contributed by atoms with E-state index in [4.69, 9.17) is 0 Å². The Bertz CT molecular complexity index is 453. The average molecular weight is 291 g/mol. The third-order valence-electron chi connectivity index (χ3n) is 6.60. The van der Waals surface area contributed by atoms with Crippen LogP contribution in [0.25, 0.3) is 0 Å². The molecule has 0 bridgehead atoms. The molecule has 5 unspecified atom stereocenters. The van der Waals surface area contributed by atoms with Crippen molar-refractivity contribution in [1.29, 1.82) is 0 Å². The summed E-state index contributed by atoms with van der Waals surface area (Å²) in [5.74, 6) is 1.27. The van der Waals surface area contributed by atoms with E-state index in [1.165, 1.54) is 32.1 Å². The maximum absolute atomic E-state index is 13.0. The van der Waals surface area contributed by atoms with E-state index in [1.807, 2.05) is 4.90 Å². The minimum absolute atomic E-state index is 0.168. The SMILES string of the molecule is O=C(O)C1CCC2CCCCC2N1C(=O)C1C2CCCC21. The summed E-state index contributed by atoms with van der Waals surface area (Å²) in [6, 6.07) is -0.347. The smallest absolute Gasteiger partial charge is 0.326 e. The van der Waals surface area contributed by atoms with Crippen molar-refractivity contribution in [3.63, 3.8) is 0 Å². The molecule has 4 rings (SSSR count). The summed E-state index contributed by atoms with van der Waals surface area (Å²) in [5.41, 5.74) is 0. The van der Waals surface area contributed by atoms with Gasteiger partial charge in [0.05, 0.1) is 0 Å². The maximum atomic E-state index is 13.0. The van der Waals surface area contributed by atoms with Crippen molar-refractivity contribution in [2.24, 2.45) is 23.7 Å². The second-order valence-corrected chi connectivity index (χ2v) is 7.57. The number of aliphatic carboxylic acids is 1. The molecule has 0 spiro atoms. The second-order valence-electron chi connectivity index (χ2n) is 7.57. The zero-order valence-electron chi connectivity index (χ0n) is 12.5. The van der Waals surface area contributed by atoms with Gasteiger partial charge in [-0.15, -0.1) is 0 Å². The number of hydrogen-bond acceptors (Lipinski definition) is 2. The summed E-state index contributed by atoms with van der Waals surface area (Å²) in [5, 5.41) is 9.56. The molecule has 3 saturated carbocycles. The Balaban J connectivity index is 1.57. The first kappa shape index (κ1) is 13.6. The first-order valence-electron chi connectivity index (χ1n) is 8.73. The van der Waals surface area contributed by atoms with Crippen LogP contribution in [0.5, 0.6) is 0 Å². The molecule has 1 saturated heterocycles. The van der Waals surface area contributed by atoms with Crippen LogP contribution in [0, 0.1) is 23.7 Å². The van der Waals surface area contributed by atoms with Crippen LogP contribution in [0.4, 0.5) is 0 Å². The van der Waals surface area contributed by atoms with Gasteiger partial charge in [0.25, 0.3) is 0 Å². The molecule has 4 fully saturated rings. The van der Waals surface area contributed by atoms with Crippen molar-refractivity contribution in [3.8, 4) is 0 Å². The van der Waals surface area contributed by atoms with Crippen LogP contribution in [0.3, 0.4) is 0 Å². The van der Waals surface area contributed by atoms with Crippen LogP contribution in [0.1, 0.15) is 57.8 Å². The number of carboxylic acid groups (broad SMARTS) is 1. The van der Waals surface area contributed by atoms with E-state index in [0.29, 0.717) is 24.2 Å². The third-order valence-corrected chi connectivity index (χ3v) is 6.60. The maximum Gasteiger partial charge on any atom is 0.326 e. The van der Waals surface area contributed by atoms with E-state index in [1.54, 1.807) is 0 Å². The molecule has 4 aliphatic rings. The van der Waals surface area contributed by atoms with E-state index in [9.17, 15) is 14.7 Å². The van der Waals surface area contributed by atoms with Crippen molar-refractivity contribution < 1.29 is 14.7 Å². The number of hydrogen-bond donors (Lipinski definition) is 1. The fraction of sp³-hybridized carbons (Fsp3) is 0.882. The average Bonchev–Trinajstić information content (AvgIpc) is 2.97. The summed E-state index contributed by atoms with van der Waals surface area (Å²) in [7, 11) is 0. The minimum atomic E-state index is -0.793. The first-order chi connectivity index (χ1) is 10.2. The normalized spacial score (nSPS) is 44.9. The van der Waals surface area contributed by atoms with Gasteiger partial charge in [-0.1, -0.05) is 19.3 Å². The highest BCUT2D eigenvalue weighted by atomic mass is 16.4. The first-order valence-corrected chi connectivity index (χ1v) is 8.73. The van der Waals surface area contributed by atoms with Crippen LogP contribution in [0.15, 0.2) is 0 Å². The van der Waals surface area contributed by atoms with Crippen molar-refractivity contribution in [3.05, 3.63) is 0 Å². The molecule has 116 valence electrons. The highest BCUT2D eigenvalue weighted by Crippen LogP contribution is 2.59. The van der Waals surface area contributed by atoms with Gasteiger partial charge in [0.1, 0.15) is 6.04 Å². The Morgan fingerprint density at radius 3 is 2.29 bits per heavy atom. The van der Waals surface area contributed by atoms with Gasteiger partial charge < -0.3 is 10.0 Å². The Hall–Kier alpha value is -1.06. The molecule has 0 aromatic carbocycles. The number of carbonyl (C=O) groups is 2. The monoisotopic (exact) mass is 291 g/mol. The summed E-state index contributed by atoms with van der Waals surface area (Å²) < 4.78 is 0. The number of fused-ring (bicyclic) bond motifs is 2. The lowest BCUT2D eigenvalue weighted by molar-refractivity contribution is -0.159. The molecule has 3 aliphatic carbocycles. The Morgan fingerprint density at radius 1 is 0.857 bits per heavy atom. The van der Waals surface area contributed by atoms with Crippen molar-refractivity contribution in [2.45, 2.75) is 69.9 Å². The molecule has 4 nitrogen and oxygen atoms in total. The quantitative estimate of drug-likeness (QED) is 0.851. The summed E-state index contributed by atoms with van der Waals surface area (Å²) in [6.45, 7) is 0. The fourth-order valence-corrected chi connectivity index (χ4v) is 5.55. The molecule has 0 aromatic heterocycles. The standard InChI is InChI=1S/C17H25NO3/c19-16(15-11-5-3-6-12(11)15)18-13-7-2-1-4-10(13)8-9-14(18)17(20)21/h10-15H,1-9H2,(H,20,21). The molecule has 21 heavy (non-hydrogen) atoms. The lowest BCUT2D eigenvalue weighted by Crippen LogP contribution is -2.58. The number of likely N-dealkylation sites (tertiary alicyclic amines) is 1. The lowest BCUT2D eigenvalue weighted by atomic mass is 9.76. The molecule has 0 radical (unpaired) electrons. The van der Waals surface area contributed by atoms with Crippen molar-refractivity contribution in [2.75, 3.05) is 0 Å². The number of amides is 1. The van der Waals surface area contributed by atoms with Gasteiger partial charge in [-0.2, -0.15) is 0 Å². The summed E-state index contributed by atoms with van der Waals surface area (Å²) >= 11 is 0. The molecular formula is C17H25NO3. The van der Waals surface area contributed by atoms with Gasteiger partial charge in [-0.25, -0.2) is 4.79 Å². The van der Waals surface area contributed by atoms with Crippen LogP contribution >= 0.6 is 0 Å². The van der Waals surface area contributed by atoms with E-state index >= 15 is 0 Å². The van der Waals surface area contributed by atoms with Gasteiger partial charge in [-0.05, 0) is 56.3 Å². The number of piperidine rings is 1. The number of rotatable bonds is 2. The summed E-state index contributed by atoms with van der Waals surface area (Å²) in [4.78, 5) is 26.5. The molecule has 1 heterocycles. The zero-order valence-corrected chi connectivity index (χ0v) is 12.5. The topological polar surface area (TPSA) is 57.6 Å².